The van der Waals surface area contributed by atoms with Crippen LogP contribution in [-0.4, -0.2) is 22.1 Å². The summed E-state index contributed by atoms with van der Waals surface area (Å²) in [5, 5.41) is 7.10. The van der Waals surface area contributed by atoms with E-state index in [0.29, 0.717) is 23.6 Å². The van der Waals surface area contributed by atoms with E-state index < -0.39 is 0 Å². The van der Waals surface area contributed by atoms with Crippen LogP contribution in [0.4, 0.5) is 5.69 Å². The summed E-state index contributed by atoms with van der Waals surface area (Å²) in [5.41, 5.74) is 9.03. The average molecular weight is 368 g/mol. The van der Waals surface area contributed by atoms with Gasteiger partial charge in [-0.25, -0.2) is 0 Å². The summed E-state index contributed by atoms with van der Waals surface area (Å²) in [4.78, 5) is 17.3. The van der Waals surface area contributed by atoms with Crippen molar-refractivity contribution >= 4 is 11.6 Å². The number of aryl methyl sites for hydroxylation is 2. The summed E-state index contributed by atoms with van der Waals surface area (Å²) in [5.74, 6) is 2.32. The Hall–Kier alpha value is -2.21. The zero-order chi connectivity index (χ0) is 19.0. The van der Waals surface area contributed by atoms with Gasteiger partial charge in [0.25, 0.3) is 5.89 Å². The van der Waals surface area contributed by atoms with Crippen LogP contribution in [0.1, 0.15) is 50.4 Å². The number of hydrogen-bond donors (Lipinski definition) is 2. The van der Waals surface area contributed by atoms with Crippen molar-refractivity contribution in [2.75, 3.05) is 5.32 Å². The van der Waals surface area contributed by atoms with Crippen molar-refractivity contribution in [3.63, 3.8) is 0 Å². The van der Waals surface area contributed by atoms with Gasteiger partial charge in [-0.05, 0) is 62.1 Å². The van der Waals surface area contributed by atoms with Crippen LogP contribution in [0.5, 0.6) is 0 Å². The van der Waals surface area contributed by atoms with Gasteiger partial charge in [0.15, 0.2) is 5.82 Å². The Labute approximate surface area is 159 Å². The molecule has 0 aliphatic heterocycles. The van der Waals surface area contributed by atoms with Gasteiger partial charge in [0.05, 0.1) is 0 Å². The molecule has 1 heterocycles. The molecule has 2 unspecified atom stereocenters. The average Bonchev–Trinajstić information content (AvgIpc) is 3.12. The van der Waals surface area contributed by atoms with E-state index in [4.69, 9.17) is 10.3 Å². The molecule has 2 aliphatic rings. The summed E-state index contributed by atoms with van der Waals surface area (Å²) in [6.45, 7) is 3.98. The molecule has 0 spiro atoms. The number of anilines is 1. The number of fused-ring (bicyclic) bond motifs is 2. The number of benzene rings is 1. The van der Waals surface area contributed by atoms with Crippen molar-refractivity contribution in [3.8, 4) is 11.5 Å². The Kier molecular flexibility index (Phi) is 5.00. The fourth-order valence-electron chi connectivity index (χ4n) is 4.64. The van der Waals surface area contributed by atoms with Gasteiger partial charge in [-0.15, -0.1) is 0 Å². The number of nitrogens with one attached hydrogen (secondary N) is 1. The minimum Gasteiger partial charge on any atom is -0.334 e. The maximum absolute atomic E-state index is 13.0. The summed E-state index contributed by atoms with van der Waals surface area (Å²) in [6, 6.07) is 6.13. The number of rotatable bonds is 4. The number of aromatic nitrogens is 2. The Bertz CT molecular complexity index is 817. The third-order valence-electron chi connectivity index (χ3n) is 6.31. The van der Waals surface area contributed by atoms with Crippen molar-refractivity contribution in [2.45, 2.75) is 58.4 Å². The molecule has 1 aromatic carbocycles. The third kappa shape index (κ3) is 3.63. The normalized spacial score (nSPS) is 27.4. The van der Waals surface area contributed by atoms with Crippen LogP contribution in [0.2, 0.25) is 0 Å². The van der Waals surface area contributed by atoms with Crippen molar-refractivity contribution in [1.29, 1.82) is 0 Å². The topological polar surface area (TPSA) is 94.0 Å². The van der Waals surface area contributed by atoms with Gasteiger partial charge in [-0.2, -0.15) is 4.98 Å². The highest BCUT2D eigenvalue weighted by Crippen LogP contribution is 2.42. The molecule has 2 aromatic rings. The molecule has 1 amide bonds. The number of carbonyl (C=O) groups excluding carboxylic acids is 1. The molecule has 2 fully saturated rings. The molecule has 2 bridgehead atoms. The lowest BCUT2D eigenvalue weighted by atomic mass is 9.65. The summed E-state index contributed by atoms with van der Waals surface area (Å²) in [6.07, 6.45) is 6.12. The van der Waals surface area contributed by atoms with Crippen LogP contribution >= 0.6 is 0 Å². The predicted molar refractivity (Wildman–Crippen MR) is 104 cm³/mol. The molecule has 0 saturated heterocycles. The van der Waals surface area contributed by atoms with E-state index in [1.807, 2.05) is 32.0 Å². The Balaban J connectivity index is 1.50. The molecular weight excluding hydrogens is 340 g/mol. The quantitative estimate of drug-likeness (QED) is 0.858. The van der Waals surface area contributed by atoms with E-state index in [-0.39, 0.29) is 17.9 Å². The summed E-state index contributed by atoms with van der Waals surface area (Å²) >= 11 is 0. The lowest BCUT2D eigenvalue weighted by Gasteiger charge is -2.43. The Morgan fingerprint density at radius 3 is 2.70 bits per heavy atom. The van der Waals surface area contributed by atoms with Crippen LogP contribution in [0, 0.1) is 24.7 Å². The summed E-state index contributed by atoms with van der Waals surface area (Å²) in [7, 11) is 0. The van der Waals surface area contributed by atoms with Gasteiger partial charge >= 0.3 is 0 Å². The van der Waals surface area contributed by atoms with Crippen LogP contribution in [0.25, 0.3) is 11.5 Å². The lowest BCUT2D eigenvalue weighted by Crippen LogP contribution is -2.48. The van der Waals surface area contributed by atoms with Crippen molar-refractivity contribution < 1.29 is 9.32 Å². The molecular formula is C21H28N4O2. The van der Waals surface area contributed by atoms with Gasteiger partial charge < -0.3 is 15.6 Å². The number of nitrogens with zero attached hydrogens (tertiary/aromatic N) is 2. The highest BCUT2D eigenvalue weighted by atomic mass is 16.5. The zero-order valence-electron chi connectivity index (χ0n) is 16.1. The highest BCUT2D eigenvalue weighted by Gasteiger charge is 2.40. The number of amides is 1. The van der Waals surface area contributed by atoms with E-state index in [1.165, 1.54) is 6.42 Å². The molecule has 4 rings (SSSR count). The maximum Gasteiger partial charge on any atom is 0.257 e. The van der Waals surface area contributed by atoms with Gasteiger partial charge in [-0.1, -0.05) is 24.6 Å². The van der Waals surface area contributed by atoms with Crippen LogP contribution in [0.15, 0.2) is 22.7 Å². The van der Waals surface area contributed by atoms with Crippen molar-refractivity contribution in [2.24, 2.45) is 23.5 Å². The molecule has 0 radical (unpaired) electrons. The van der Waals surface area contributed by atoms with Crippen LogP contribution < -0.4 is 11.1 Å². The second-order valence-corrected chi connectivity index (χ2v) is 8.09. The second kappa shape index (κ2) is 7.43. The molecule has 6 heteroatoms. The number of hydrogen-bond acceptors (Lipinski definition) is 5. The smallest absolute Gasteiger partial charge is 0.257 e. The molecule has 2 saturated carbocycles. The molecule has 27 heavy (non-hydrogen) atoms. The first-order chi connectivity index (χ1) is 13.0. The Morgan fingerprint density at radius 1 is 1.30 bits per heavy atom. The molecule has 1 aromatic heterocycles. The van der Waals surface area contributed by atoms with E-state index in [2.05, 4.69) is 15.5 Å². The monoisotopic (exact) mass is 368 g/mol. The SMILES string of the molecule is CCc1noc(-c2ccc(C)c(NC(=O)C3CC4CCCC(C3)C4N)c2)n1. The van der Waals surface area contributed by atoms with Crippen LogP contribution in [-0.2, 0) is 11.2 Å². The van der Waals surface area contributed by atoms with E-state index >= 15 is 0 Å². The first-order valence-corrected chi connectivity index (χ1v) is 10.0. The lowest BCUT2D eigenvalue weighted by molar-refractivity contribution is -0.122. The highest BCUT2D eigenvalue weighted by molar-refractivity contribution is 5.94. The van der Waals surface area contributed by atoms with Crippen molar-refractivity contribution in [3.05, 3.63) is 29.6 Å². The molecule has 2 aliphatic carbocycles. The number of nitrogens with two attached hydrogens (primary N) is 1. The van der Waals surface area contributed by atoms with E-state index in [0.717, 1.165) is 48.9 Å². The van der Waals surface area contributed by atoms with Gasteiger partial charge in [-0.3, -0.25) is 4.79 Å². The minimum atomic E-state index is 0.0539. The number of carbonyl (C=O) groups is 1. The predicted octanol–water partition coefficient (Wildman–Crippen LogP) is 3.70. The molecule has 2 atom stereocenters. The third-order valence-corrected chi connectivity index (χ3v) is 6.31. The zero-order valence-corrected chi connectivity index (χ0v) is 16.1. The molecule has 144 valence electrons. The van der Waals surface area contributed by atoms with Gasteiger partial charge in [0.2, 0.25) is 5.91 Å². The Morgan fingerprint density at radius 2 is 2.04 bits per heavy atom. The minimum absolute atomic E-state index is 0.0539. The largest absolute Gasteiger partial charge is 0.334 e. The van der Waals surface area contributed by atoms with E-state index in [9.17, 15) is 4.79 Å². The second-order valence-electron chi connectivity index (χ2n) is 8.09. The van der Waals surface area contributed by atoms with Crippen LogP contribution in [0.3, 0.4) is 0 Å². The van der Waals surface area contributed by atoms with Gasteiger partial charge in [0.1, 0.15) is 0 Å². The fourth-order valence-corrected chi connectivity index (χ4v) is 4.64. The maximum atomic E-state index is 13.0. The standard InChI is InChI=1S/C21H28N4O2/c1-3-18-24-21(27-25-18)15-8-7-12(2)17(11-15)23-20(26)16-9-13-5-4-6-14(10-16)19(13)22/h7-8,11,13-14,16,19H,3-6,9-10,22H2,1-2H3,(H,23,26). The molecule has 3 N–H and O–H groups in total. The fraction of sp³-hybridized carbons (Fsp3) is 0.571. The first-order valence-electron chi connectivity index (χ1n) is 10.0. The van der Waals surface area contributed by atoms with Crippen molar-refractivity contribution in [1.82, 2.24) is 10.1 Å². The summed E-state index contributed by atoms with van der Waals surface area (Å²) < 4.78 is 5.33. The van der Waals surface area contributed by atoms with Gasteiger partial charge in [0, 0.05) is 29.6 Å². The first kappa shape index (κ1) is 18.2. The molecule has 6 nitrogen and oxygen atoms in total. The van der Waals surface area contributed by atoms with E-state index in [1.54, 1.807) is 0 Å².